The summed E-state index contributed by atoms with van der Waals surface area (Å²) in [6.07, 6.45) is 0. The zero-order chi connectivity index (χ0) is 7.72. The number of nitrogens with zero attached hydrogens (tertiary/aromatic N) is 1. The fourth-order valence-electron chi connectivity index (χ4n) is 0.512. The molecule has 1 aromatic rings. The Kier molecular flexibility index (Phi) is 2.29. The lowest BCUT2D eigenvalue weighted by atomic mass is 10.3. The van der Waals surface area contributed by atoms with E-state index in [0.29, 0.717) is 10.0 Å². The molecule has 0 bridgehead atoms. The minimum absolute atomic E-state index is 0.0592. The molecule has 1 aromatic carbocycles. The van der Waals surface area contributed by atoms with Gasteiger partial charge in [0.15, 0.2) is 0 Å². The first kappa shape index (κ1) is 7.99. The highest BCUT2D eigenvalue weighted by Crippen LogP contribution is 2.30. The Hall–Kier alpha value is -0.110. The van der Waals surface area contributed by atoms with Crippen LogP contribution in [0, 0.1) is 0 Å². The fraction of sp³-hybridized carbons (Fsp3) is 0. The van der Waals surface area contributed by atoms with Gasteiger partial charge in [0.25, 0.3) is 0 Å². The molecule has 0 heterocycles. The van der Waals surface area contributed by atoms with Crippen molar-refractivity contribution in [3.05, 3.63) is 27.2 Å². The Morgan fingerprint density at radius 1 is 0.900 bits per heavy atom. The van der Waals surface area contributed by atoms with Crippen LogP contribution in [0.15, 0.2) is 12.1 Å². The summed E-state index contributed by atoms with van der Waals surface area (Å²) >= 11 is 16.6. The van der Waals surface area contributed by atoms with E-state index in [2.05, 4.69) is 0 Å². The number of halogens is 3. The Morgan fingerprint density at radius 3 is 1.90 bits per heavy atom. The van der Waals surface area contributed by atoms with Crippen LogP contribution in [0.1, 0.15) is 0 Å². The van der Waals surface area contributed by atoms with E-state index in [0.717, 1.165) is 0 Å². The molecule has 1 nitrogen and oxygen atoms in total. The van der Waals surface area contributed by atoms with E-state index >= 15 is 0 Å². The van der Waals surface area contributed by atoms with Gasteiger partial charge in [-0.3, -0.25) is 0 Å². The summed E-state index contributed by atoms with van der Waals surface area (Å²) in [5.41, 5.74) is 8.89. The maximum Gasteiger partial charge on any atom is 0.106 e. The van der Waals surface area contributed by atoms with Crippen LogP contribution < -0.4 is 5.73 Å². The molecule has 0 fully saturated rings. The van der Waals surface area contributed by atoms with Crippen LogP contribution >= 0.6 is 34.8 Å². The van der Waals surface area contributed by atoms with Crippen LogP contribution in [-0.2, 0) is 0 Å². The third-order valence-corrected chi connectivity index (χ3v) is 2.01. The zero-order valence-electron chi connectivity index (χ0n) is 4.74. The van der Waals surface area contributed by atoms with Gasteiger partial charge in [-0.05, 0) is 12.1 Å². The first-order valence-electron chi connectivity index (χ1n) is 2.45. The number of benzene rings is 1. The quantitative estimate of drug-likeness (QED) is 0.565. The normalized spacial score (nSPS) is 9.90. The second-order valence-corrected chi connectivity index (χ2v) is 2.94. The molecule has 52 valence electrons. The van der Waals surface area contributed by atoms with Gasteiger partial charge in [-0.2, -0.15) is 0 Å². The van der Waals surface area contributed by atoms with Crippen molar-refractivity contribution in [1.29, 1.82) is 0 Å². The van der Waals surface area contributed by atoms with E-state index in [9.17, 15) is 0 Å². The highest BCUT2D eigenvalue weighted by molar-refractivity contribution is 6.43. The van der Waals surface area contributed by atoms with Gasteiger partial charge in [-0.1, -0.05) is 34.8 Å². The Bertz CT molecular complexity index is 209. The number of hydrogen-bond acceptors (Lipinski definition) is 0. The monoisotopic (exact) mass is 193 g/mol. The van der Waals surface area contributed by atoms with Gasteiger partial charge >= 0.3 is 0 Å². The second-order valence-electron chi connectivity index (χ2n) is 1.72. The van der Waals surface area contributed by atoms with Gasteiger partial charge in [-0.15, -0.1) is 5.73 Å². The average Bonchev–Trinajstić information content (AvgIpc) is 1.84. The van der Waals surface area contributed by atoms with Gasteiger partial charge in [0.2, 0.25) is 0 Å². The van der Waals surface area contributed by atoms with Crippen LogP contribution in [0.2, 0.25) is 15.1 Å². The Balaban J connectivity index is 3.28. The minimum atomic E-state index is -0.0592. The van der Waals surface area contributed by atoms with Crippen molar-refractivity contribution in [3.8, 4) is 0 Å². The molecule has 0 amide bonds. The van der Waals surface area contributed by atoms with Crippen molar-refractivity contribution in [2.75, 3.05) is 0 Å². The smallest absolute Gasteiger partial charge is 0.106 e. The van der Waals surface area contributed by atoms with Gasteiger partial charge in [0.05, 0.1) is 15.1 Å². The van der Waals surface area contributed by atoms with E-state index in [1.807, 2.05) is 0 Å². The van der Waals surface area contributed by atoms with Crippen molar-refractivity contribution < 1.29 is 0 Å². The van der Waals surface area contributed by atoms with Gasteiger partial charge in [-0.25, -0.2) is 0 Å². The summed E-state index contributed by atoms with van der Waals surface area (Å²) in [5, 5.41) is 0.836. The van der Waals surface area contributed by atoms with Crippen molar-refractivity contribution in [1.82, 2.24) is 5.73 Å². The van der Waals surface area contributed by atoms with Crippen molar-refractivity contribution in [3.63, 3.8) is 0 Å². The predicted molar refractivity (Wildman–Crippen MR) is 43.3 cm³/mol. The molecule has 10 heavy (non-hydrogen) atoms. The standard InChI is InChI=1S/C6H2Cl3N/c7-3-1-5(9)6(10)2-4(3)8/h1-2H. The molecule has 0 N–H and O–H groups in total. The molecule has 4 heteroatoms. The van der Waals surface area contributed by atoms with Crippen LogP contribution in [0.4, 0.5) is 5.69 Å². The molecule has 0 atom stereocenters. The maximum absolute atomic E-state index is 8.95. The minimum Gasteiger partial charge on any atom is -0.149 e. The summed E-state index contributed by atoms with van der Waals surface area (Å²) in [4.78, 5) is 0. The Morgan fingerprint density at radius 2 is 1.40 bits per heavy atom. The van der Waals surface area contributed by atoms with Crippen LogP contribution in [0.5, 0.6) is 0 Å². The molecule has 2 radical (unpaired) electrons. The highest BCUT2D eigenvalue weighted by atomic mass is 35.5. The topological polar surface area (TPSA) is 22.3 Å². The maximum atomic E-state index is 8.95. The molecule has 0 saturated heterocycles. The average molecular weight is 194 g/mol. The molecule has 0 aliphatic rings. The highest BCUT2D eigenvalue weighted by Gasteiger charge is 2.02. The first-order valence-corrected chi connectivity index (χ1v) is 3.58. The summed E-state index contributed by atoms with van der Waals surface area (Å²) < 4.78 is 0. The van der Waals surface area contributed by atoms with Gasteiger partial charge in [0.1, 0.15) is 5.69 Å². The molecule has 0 aliphatic carbocycles. The van der Waals surface area contributed by atoms with E-state index in [1.165, 1.54) is 12.1 Å². The van der Waals surface area contributed by atoms with Crippen molar-refractivity contribution in [2.45, 2.75) is 0 Å². The lowest BCUT2D eigenvalue weighted by Crippen LogP contribution is -1.73. The summed E-state index contributed by atoms with van der Waals surface area (Å²) in [5.74, 6) is 0. The molecular weight excluding hydrogens is 192 g/mol. The lowest BCUT2D eigenvalue weighted by Gasteiger charge is -1.96. The third kappa shape index (κ3) is 1.48. The van der Waals surface area contributed by atoms with Crippen LogP contribution in [0.25, 0.3) is 0 Å². The van der Waals surface area contributed by atoms with Crippen LogP contribution in [0.3, 0.4) is 0 Å². The zero-order valence-corrected chi connectivity index (χ0v) is 7.00. The van der Waals surface area contributed by atoms with Gasteiger partial charge < -0.3 is 0 Å². The van der Waals surface area contributed by atoms with Crippen LogP contribution in [-0.4, -0.2) is 0 Å². The summed E-state index contributed by atoms with van der Waals surface area (Å²) in [6, 6.07) is 2.69. The largest absolute Gasteiger partial charge is 0.149 e. The summed E-state index contributed by atoms with van der Waals surface area (Å²) in [6.45, 7) is 0. The number of hydrogen-bond donors (Lipinski definition) is 0. The molecule has 0 aliphatic heterocycles. The molecule has 1 rings (SSSR count). The lowest BCUT2D eigenvalue weighted by molar-refractivity contribution is 1.48. The summed E-state index contributed by atoms with van der Waals surface area (Å²) in [7, 11) is 0. The molecule has 0 spiro atoms. The predicted octanol–water partition coefficient (Wildman–Crippen LogP) is 3.35. The van der Waals surface area contributed by atoms with E-state index in [4.69, 9.17) is 40.5 Å². The van der Waals surface area contributed by atoms with E-state index in [-0.39, 0.29) is 10.7 Å². The molecule has 0 unspecified atom stereocenters. The molecular formula is C6H2Cl3N. The Labute approximate surface area is 73.7 Å². The van der Waals surface area contributed by atoms with E-state index in [1.54, 1.807) is 0 Å². The van der Waals surface area contributed by atoms with Crippen molar-refractivity contribution >= 4 is 40.5 Å². The molecule has 0 saturated carbocycles. The third-order valence-electron chi connectivity index (χ3n) is 0.990. The number of rotatable bonds is 0. The first-order chi connectivity index (χ1) is 4.61. The SMILES string of the molecule is [N]c1cc(Cl)c(Cl)cc1Cl. The van der Waals surface area contributed by atoms with Crippen molar-refractivity contribution in [2.24, 2.45) is 0 Å². The van der Waals surface area contributed by atoms with Gasteiger partial charge in [0, 0.05) is 0 Å². The second kappa shape index (κ2) is 2.87. The fourth-order valence-corrected chi connectivity index (χ4v) is 1.05. The van der Waals surface area contributed by atoms with E-state index < -0.39 is 0 Å². The molecule has 0 aromatic heterocycles.